The summed E-state index contributed by atoms with van der Waals surface area (Å²) in [5, 5.41) is 10.6. The Bertz CT molecular complexity index is 1430. The van der Waals surface area contributed by atoms with E-state index in [2.05, 4.69) is 21.9 Å². The minimum atomic E-state index is -4.37. The van der Waals surface area contributed by atoms with E-state index in [9.17, 15) is 18.3 Å². The fraction of sp³-hybridized carbons (Fsp3) is 0.323. The number of phenolic OH excluding ortho intramolecular Hbond substituents is 1. The van der Waals surface area contributed by atoms with Crippen molar-refractivity contribution in [3.05, 3.63) is 94.0 Å². The van der Waals surface area contributed by atoms with Gasteiger partial charge >= 0.3 is 6.18 Å². The zero-order valence-corrected chi connectivity index (χ0v) is 23.4. The van der Waals surface area contributed by atoms with E-state index in [1.54, 1.807) is 24.5 Å². The van der Waals surface area contributed by atoms with Gasteiger partial charge < -0.3 is 14.7 Å². The summed E-state index contributed by atoms with van der Waals surface area (Å²) in [7, 11) is 1.66. The molecule has 1 N–H and O–H groups in total. The molecule has 3 aromatic carbocycles. The Morgan fingerprint density at radius 1 is 0.925 bits per heavy atom. The molecule has 0 saturated carbocycles. The van der Waals surface area contributed by atoms with E-state index in [1.807, 2.05) is 31.2 Å². The lowest BCUT2D eigenvalue weighted by atomic mass is 10.1. The molecule has 2 heterocycles. The Hall–Kier alpha value is -3.56. The Balaban J connectivity index is 1.32. The van der Waals surface area contributed by atoms with Gasteiger partial charge in [0.1, 0.15) is 16.5 Å². The molecule has 0 aliphatic carbocycles. The van der Waals surface area contributed by atoms with Crippen LogP contribution >= 0.6 is 11.3 Å². The smallest absolute Gasteiger partial charge is 0.416 e. The number of hydrogen-bond donors (Lipinski definition) is 1. The number of thiazole rings is 1. The summed E-state index contributed by atoms with van der Waals surface area (Å²) in [4.78, 5) is 10.8. The molecule has 210 valence electrons. The van der Waals surface area contributed by atoms with E-state index in [0.717, 1.165) is 83.6 Å². The highest BCUT2D eigenvalue weighted by Gasteiger charge is 2.30. The third kappa shape index (κ3) is 6.59. The van der Waals surface area contributed by atoms with Crippen LogP contribution < -0.4 is 9.64 Å². The number of phenols is 1. The molecule has 1 aromatic heterocycles. The second-order valence-electron chi connectivity index (χ2n) is 10.0. The highest BCUT2D eigenvalue weighted by molar-refractivity contribution is 7.15. The van der Waals surface area contributed by atoms with Gasteiger partial charge in [0.15, 0.2) is 0 Å². The van der Waals surface area contributed by atoms with Crippen LogP contribution in [0.3, 0.4) is 0 Å². The van der Waals surface area contributed by atoms with Crippen LogP contribution in [0.1, 0.15) is 27.3 Å². The fourth-order valence-corrected chi connectivity index (χ4v) is 6.00. The molecule has 0 atom stereocenters. The highest BCUT2D eigenvalue weighted by Crippen LogP contribution is 2.34. The molecule has 0 amide bonds. The van der Waals surface area contributed by atoms with Crippen molar-refractivity contribution in [3.8, 4) is 22.1 Å². The number of methoxy groups -OCH3 is 1. The lowest BCUT2D eigenvalue weighted by Crippen LogP contribution is -2.46. The van der Waals surface area contributed by atoms with Crippen molar-refractivity contribution in [2.45, 2.75) is 32.5 Å². The Kier molecular flexibility index (Phi) is 8.32. The Morgan fingerprint density at radius 3 is 2.25 bits per heavy atom. The van der Waals surface area contributed by atoms with Gasteiger partial charge in [0, 0.05) is 48.9 Å². The van der Waals surface area contributed by atoms with Crippen molar-refractivity contribution in [1.29, 1.82) is 0 Å². The van der Waals surface area contributed by atoms with Crippen LogP contribution in [0.4, 0.5) is 18.9 Å². The van der Waals surface area contributed by atoms with Crippen LogP contribution in [-0.2, 0) is 25.6 Å². The molecule has 1 aliphatic rings. The molecular formula is C31H32F3N3O2S. The van der Waals surface area contributed by atoms with Crippen LogP contribution in [0.15, 0.2) is 66.7 Å². The van der Waals surface area contributed by atoms with Crippen LogP contribution in [0.25, 0.3) is 10.6 Å². The summed E-state index contributed by atoms with van der Waals surface area (Å²) in [6, 6.07) is 19.0. The number of aromatic nitrogens is 1. The topological polar surface area (TPSA) is 48.8 Å². The van der Waals surface area contributed by atoms with E-state index in [4.69, 9.17) is 9.72 Å². The second kappa shape index (κ2) is 11.9. The van der Waals surface area contributed by atoms with Gasteiger partial charge in [-0.1, -0.05) is 24.3 Å². The third-order valence-corrected chi connectivity index (χ3v) is 8.53. The van der Waals surface area contributed by atoms with Gasteiger partial charge in [0.25, 0.3) is 0 Å². The van der Waals surface area contributed by atoms with Crippen LogP contribution in [-0.4, -0.2) is 48.3 Å². The number of hydrogen-bond acceptors (Lipinski definition) is 6. The SMILES string of the molecule is COc1ccc(N2CCN(Cc3nc(-c4ccc(C(F)(F)F)cc4)sc3CCc3ccc(O)c(C)c3)CC2)cc1. The maximum atomic E-state index is 13.1. The summed E-state index contributed by atoms with van der Waals surface area (Å²) in [5.41, 5.74) is 4.14. The number of piperazine rings is 1. The molecule has 1 saturated heterocycles. The summed E-state index contributed by atoms with van der Waals surface area (Å²) >= 11 is 1.55. The summed E-state index contributed by atoms with van der Waals surface area (Å²) in [6.45, 7) is 6.13. The van der Waals surface area contributed by atoms with Gasteiger partial charge in [-0.25, -0.2) is 4.98 Å². The number of benzene rings is 3. The first-order valence-electron chi connectivity index (χ1n) is 13.3. The third-order valence-electron chi connectivity index (χ3n) is 7.32. The number of aromatic hydroxyl groups is 1. The number of aryl methyl sites for hydroxylation is 3. The molecular weight excluding hydrogens is 535 g/mol. The van der Waals surface area contributed by atoms with Crippen molar-refractivity contribution in [1.82, 2.24) is 9.88 Å². The summed E-state index contributed by atoms with van der Waals surface area (Å²) in [5.74, 6) is 1.12. The van der Waals surface area contributed by atoms with E-state index in [-0.39, 0.29) is 5.75 Å². The lowest BCUT2D eigenvalue weighted by molar-refractivity contribution is -0.137. The molecule has 5 rings (SSSR count). The van der Waals surface area contributed by atoms with Gasteiger partial charge in [0.05, 0.1) is 18.4 Å². The molecule has 4 aromatic rings. The van der Waals surface area contributed by atoms with Gasteiger partial charge in [-0.05, 0) is 73.4 Å². The monoisotopic (exact) mass is 567 g/mol. The maximum absolute atomic E-state index is 13.1. The summed E-state index contributed by atoms with van der Waals surface area (Å²) in [6.07, 6.45) is -2.81. The lowest BCUT2D eigenvalue weighted by Gasteiger charge is -2.36. The first-order valence-corrected chi connectivity index (χ1v) is 14.1. The Morgan fingerprint density at radius 2 is 1.62 bits per heavy atom. The van der Waals surface area contributed by atoms with Gasteiger partial charge in [-0.15, -0.1) is 11.3 Å². The average Bonchev–Trinajstić information content (AvgIpc) is 3.36. The zero-order chi connectivity index (χ0) is 28.3. The first-order chi connectivity index (χ1) is 19.2. The molecule has 9 heteroatoms. The number of ether oxygens (including phenoxy) is 1. The van der Waals surface area contributed by atoms with E-state index < -0.39 is 11.7 Å². The number of anilines is 1. The highest BCUT2D eigenvalue weighted by atomic mass is 32.1. The molecule has 0 bridgehead atoms. The molecule has 0 radical (unpaired) electrons. The van der Waals surface area contributed by atoms with Gasteiger partial charge in [0.2, 0.25) is 0 Å². The molecule has 0 spiro atoms. The predicted molar refractivity (Wildman–Crippen MR) is 153 cm³/mol. The Labute approximate surface area is 236 Å². The van der Waals surface area contributed by atoms with E-state index in [1.165, 1.54) is 17.8 Å². The number of alkyl halides is 3. The minimum absolute atomic E-state index is 0.278. The second-order valence-corrected chi connectivity index (χ2v) is 11.1. The molecule has 40 heavy (non-hydrogen) atoms. The molecule has 1 fully saturated rings. The minimum Gasteiger partial charge on any atom is -0.508 e. The van der Waals surface area contributed by atoms with E-state index in [0.29, 0.717) is 12.1 Å². The van der Waals surface area contributed by atoms with Crippen molar-refractivity contribution in [3.63, 3.8) is 0 Å². The number of rotatable bonds is 8. The maximum Gasteiger partial charge on any atom is 0.416 e. The predicted octanol–water partition coefficient (Wildman–Crippen LogP) is 6.96. The zero-order valence-electron chi connectivity index (χ0n) is 22.5. The average molecular weight is 568 g/mol. The largest absolute Gasteiger partial charge is 0.508 e. The molecule has 5 nitrogen and oxygen atoms in total. The van der Waals surface area contributed by atoms with Crippen LogP contribution in [0.5, 0.6) is 11.5 Å². The number of nitrogens with zero attached hydrogens (tertiary/aromatic N) is 3. The first kappa shape index (κ1) is 28.0. The summed E-state index contributed by atoms with van der Waals surface area (Å²) < 4.78 is 44.5. The van der Waals surface area contributed by atoms with Gasteiger partial charge in [-0.2, -0.15) is 13.2 Å². The van der Waals surface area contributed by atoms with E-state index >= 15 is 0 Å². The van der Waals surface area contributed by atoms with Crippen LogP contribution in [0, 0.1) is 6.92 Å². The van der Waals surface area contributed by atoms with Crippen LogP contribution in [0.2, 0.25) is 0 Å². The standard InChI is InChI=1S/C31H32F3N3O2S/c1-21-19-22(3-13-28(21)38)4-14-29-27(35-30(40-29)23-5-7-24(8-6-23)31(32,33)34)20-36-15-17-37(18-16-36)25-9-11-26(39-2)12-10-25/h3,5-13,19,38H,4,14-18,20H2,1-2H3. The van der Waals surface area contributed by atoms with Crippen molar-refractivity contribution in [2.24, 2.45) is 0 Å². The quantitative estimate of drug-likeness (QED) is 0.250. The molecule has 1 aliphatic heterocycles. The number of halogens is 3. The fourth-order valence-electron chi connectivity index (χ4n) is 4.93. The van der Waals surface area contributed by atoms with Gasteiger partial charge in [-0.3, -0.25) is 4.90 Å². The molecule has 0 unspecified atom stereocenters. The normalized spacial score (nSPS) is 14.5. The van der Waals surface area contributed by atoms with Crippen molar-refractivity contribution in [2.75, 3.05) is 38.2 Å². The van der Waals surface area contributed by atoms with Crippen molar-refractivity contribution < 1.29 is 23.0 Å². The van der Waals surface area contributed by atoms with Crippen molar-refractivity contribution >= 4 is 17.0 Å².